The van der Waals surface area contributed by atoms with E-state index in [0.717, 1.165) is 6.07 Å². The summed E-state index contributed by atoms with van der Waals surface area (Å²) in [6.07, 6.45) is 0. The molecule has 0 spiro atoms. The van der Waals surface area contributed by atoms with Crippen molar-refractivity contribution in [1.82, 2.24) is 4.98 Å². The normalized spacial score (nSPS) is 8.80. The molecule has 50 valence electrons. The number of halogens is 1. The smallest absolute Gasteiger partial charge is 0.157 e. The molecule has 10 heavy (non-hydrogen) atoms. The summed E-state index contributed by atoms with van der Waals surface area (Å²) in [5.41, 5.74) is 0.270. The van der Waals surface area contributed by atoms with Crippen molar-refractivity contribution in [2.45, 2.75) is 0 Å². The first-order chi connectivity index (χ1) is 4.74. The molecule has 1 heterocycles. The Morgan fingerprint density at radius 2 is 2.30 bits per heavy atom. The van der Waals surface area contributed by atoms with Gasteiger partial charge < -0.3 is 4.98 Å². The van der Waals surface area contributed by atoms with Gasteiger partial charge in [-0.05, 0) is 12.1 Å². The van der Waals surface area contributed by atoms with E-state index in [1.807, 2.05) is 0 Å². The van der Waals surface area contributed by atoms with Crippen LogP contribution in [-0.4, -0.2) is 4.98 Å². The largest absolute Gasteiger partial charge is 0.335 e. The van der Waals surface area contributed by atoms with Crippen molar-refractivity contribution in [1.29, 1.82) is 5.26 Å². The fraction of sp³-hybridized carbons (Fsp3) is 0. The topological polar surface area (TPSA) is 39.6 Å². The fourth-order valence-corrected chi connectivity index (χ4v) is 0.699. The number of aromatic amines is 1. The molecule has 0 saturated heterocycles. The molecule has 0 aromatic carbocycles. The Bertz CT molecular complexity index is 336. The van der Waals surface area contributed by atoms with E-state index in [1.54, 1.807) is 6.07 Å². The number of aromatic nitrogens is 1. The van der Waals surface area contributed by atoms with E-state index >= 15 is 0 Å². The first kappa shape index (κ1) is 6.90. The minimum absolute atomic E-state index is 0.0287. The summed E-state index contributed by atoms with van der Waals surface area (Å²) in [6.45, 7) is 0. The molecule has 1 rings (SSSR count). The Kier molecular flexibility index (Phi) is 1.78. The van der Waals surface area contributed by atoms with E-state index in [9.17, 15) is 4.39 Å². The number of hydrogen-bond donors (Lipinski definition) is 1. The summed E-state index contributed by atoms with van der Waals surface area (Å²) in [6, 6.07) is 4.31. The second kappa shape index (κ2) is 2.58. The van der Waals surface area contributed by atoms with Crippen LogP contribution in [0.3, 0.4) is 0 Å². The third kappa shape index (κ3) is 1.20. The second-order valence-corrected chi connectivity index (χ2v) is 2.07. The van der Waals surface area contributed by atoms with Gasteiger partial charge in [-0.1, -0.05) is 12.2 Å². The van der Waals surface area contributed by atoms with Crippen molar-refractivity contribution in [2.24, 2.45) is 0 Å². The van der Waals surface area contributed by atoms with Crippen molar-refractivity contribution in [3.63, 3.8) is 0 Å². The fourth-order valence-electron chi connectivity index (χ4n) is 0.521. The number of nitriles is 1. The zero-order valence-electron chi connectivity index (χ0n) is 4.89. The zero-order chi connectivity index (χ0) is 7.56. The molecular formula is C6H3FN2S. The van der Waals surface area contributed by atoms with E-state index in [4.69, 9.17) is 5.26 Å². The summed E-state index contributed by atoms with van der Waals surface area (Å²) in [7, 11) is 0. The molecule has 2 nitrogen and oxygen atoms in total. The Morgan fingerprint density at radius 1 is 1.60 bits per heavy atom. The van der Waals surface area contributed by atoms with Crippen LogP contribution in [0.1, 0.15) is 5.69 Å². The molecule has 0 unspecified atom stereocenters. The molecule has 0 aliphatic heterocycles. The molecular weight excluding hydrogens is 151 g/mol. The van der Waals surface area contributed by atoms with Gasteiger partial charge in [0.1, 0.15) is 16.4 Å². The van der Waals surface area contributed by atoms with Crippen LogP contribution in [0.2, 0.25) is 0 Å². The monoisotopic (exact) mass is 154 g/mol. The molecule has 1 aromatic rings. The summed E-state index contributed by atoms with van der Waals surface area (Å²) < 4.78 is 12.4. The number of nitrogens with zero attached hydrogens (tertiary/aromatic N) is 1. The van der Waals surface area contributed by atoms with Crippen LogP contribution in [0.25, 0.3) is 0 Å². The first-order valence-electron chi connectivity index (χ1n) is 2.53. The predicted molar refractivity (Wildman–Crippen MR) is 36.3 cm³/mol. The number of H-pyrrole nitrogens is 1. The Hall–Kier alpha value is -1.21. The SMILES string of the molecule is N#Cc1ccc(F)c(=S)[nH]1. The third-order valence-electron chi connectivity index (χ3n) is 0.982. The van der Waals surface area contributed by atoms with Gasteiger partial charge in [-0.2, -0.15) is 5.26 Å². The maximum absolute atomic E-state index is 12.4. The van der Waals surface area contributed by atoms with E-state index in [1.165, 1.54) is 6.07 Å². The zero-order valence-corrected chi connectivity index (χ0v) is 5.70. The van der Waals surface area contributed by atoms with Crippen LogP contribution in [0.15, 0.2) is 12.1 Å². The molecule has 0 saturated carbocycles. The van der Waals surface area contributed by atoms with E-state index in [2.05, 4.69) is 17.2 Å². The van der Waals surface area contributed by atoms with Crippen LogP contribution in [0.5, 0.6) is 0 Å². The van der Waals surface area contributed by atoms with Gasteiger partial charge in [0.25, 0.3) is 0 Å². The Balaban J connectivity index is 3.34. The predicted octanol–water partition coefficient (Wildman–Crippen LogP) is 1.75. The van der Waals surface area contributed by atoms with Gasteiger partial charge in [-0.3, -0.25) is 0 Å². The lowest BCUT2D eigenvalue weighted by Crippen LogP contribution is -1.84. The number of nitrogens with one attached hydrogen (secondary N) is 1. The lowest BCUT2D eigenvalue weighted by atomic mass is 10.4. The number of rotatable bonds is 0. The summed E-state index contributed by atoms with van der Waals surface area (Å²) in [5, 5.41) is 8.30. The highest BCUT2D eigenvalue weighted by atomic mass is 32.1. The van der Waals surface area contributed by atoms with Crippen molar-refractivity contribution < 1.29 is 4.39 Å². The molecule has 0 aliphatic rings. The van der Waals surface area contributed by atoms with Crippen LogP contribution < -0.4 is 0 Å². The van der Waals surface area contributed by atoms with Crippen molar-refractivity contribution >= 4 is 12.2 Å². The van der Waals surface area contributed by atoms with Crippen LogP contribution in [0.4, 0.5) is 4.39 Å². The molecule has 1 aromatic heterocycles. The maximum atomic E-state index is 12.4. The molecule has 0 radical (unpaired) electrons. The molecule has 4 heteroatoms. The van der Waals surface area contributed by atoms with Gasteiger partial charge in [0.15, 0.2) is 5.82 Å². The quantitative estimate of drug-likeness (QED) is 0.578. The Morgan fingerprint density at radius 3 is 2.80 bits per heavy atom. The molecule has 0 amide bonds. The van der Waals surface area contributed by atoms with Crippen molar-refractivity contribution in [3.8, 4) is 6.07 Å². The van der Waals surface area contributed by atoms with Crippen molar-refractivity contribution in [2.75, 3.05) is 0 Å². The average molecular weight is 154 g/mol. The van der Waals surface area contributed by atoms with Gasteiger partial charge in [-0.25, -0.2) is 4.39 Å². The van der Waals surface area contributed by atoms with E-state index in [0.29, 0.717) is 0 Å². The highest BCUT2D eigenvalue weighted by molar-refractivity contribution is 7.71. The van der Waals surface area contributed by atoms with E-state index < -0.39 is 5.82 Å². The average Bonchev–Trinajstić information content (AvgIpc) is 1.95. The summed E-state index contributed by atoms with van der Waals surface area (Å²) in [5.74, 6) is -0.506. The molecule has 1 N–H and O–H groups in total. The minimum atomic E-state index is -0.506. The summed E-state index contributed by atoms with van der Waals surface area (Å²) >= 11 is 4.53. The van der Waals surface area contributed by atoms with Gasteiger partial charge in [0.2, 0.25) is 0 Å². The maximum Gasteiger partial charge on any atom is 0.157 e. The van der Waals surface area contributed by atoms with Crippen LogP contribution in [-0.2, 0) is 0 Å². The molecule has 0 aliphatic carbocycles. The van der Waals surface area contributed by atoms with E-state index in [-0.39, 0.29) is 10.3 Å². The highest BCUT2D eigenvalue weighted by Crippen LogP contribution is 1.98. The third-order valence-corrected chi connectivity index (χ3v) is 1.28. The van der Waals surface area contributed by atoms with Crippen LogP contribution >= 0.6 is 12.2 Å². The van der Waals surface area contributed by atoms with Gasteiger partial charge in [0.05, 0.1) is 0 Å². The summed E-state index contributed by atoms with van der Waals surface area (Å²) in [4.78, 5) is 2.40. The molecule has 0 fully saturated rings. The van der Waals surface area contributed by atoms with Crippen molar-refractivity contribution in [3.05, 3.63) is 28.3 Å². The lowest BCUT2D eigenvalue weighted by molar-refractivity contribution is 0.616. The first-order valence-corrected chi connectivity index (χ1v) is 2.94. The van der Waals surface area contributed by atoms with Gasteiger partial charge in [0, 0.05) is 0 Å². The second-order valence-electron chi connectivity index (χ2n) is 1.66. The standard InChI is InChI=1S/C6H3FN2S/c7-5-2-1-4(3-8)9-6(5)10/h1-2H,(H,9,10). The van der Waals surface area contributed by atoms with Crippen LogP contribution in [0, 0.1) is 21.8 Å². The highest BCUT2D eigenvalue weighted by Gasteiger charge is 1.93. The lowest BCUT2D eigenvalue weighted by Gasteiger charge is -1.88. The van der Waals surface area contributed by atoms with Gasteiger partial charge in [-0.15, -0.1) is 0 Å². The molecule has 0 bridgehead atoms. The number of pyridine rings is 1. The molecule has 0 atom stereocenters. The number of hydrogen-bond acceptors (Lipinski definition) is 2. The minimum Gasteiger partial charge on any atom is -0.335 e. The Labute approximate surface area is 61.9 Å². The van der Waals surface area contributed by atoms with Gasteiger partial charge >= 0.3 is 0 Å².